The molecule has 0 radical (unpaired) electrons. The predicted molar refractivity (Wildman–Crippen MR) is 70.1 cm³/mol. The highest BCUT2D eigenvalue weighted by atomic mass is 35.5. The highest BCUT2D eigenvalue weighted by Gasteiger charge is 2.11. The average Bonchev–Trinajstić information content (AvgIpc) is 2.24. The lowest BCUT2D eigenvalue weighted by Crippen LogP contribution is -2.00. The van der Waals surface area contributed by atoms with Gasteiger partial charge in [-0.2, -0.15) is 0 Å². The van der Waals surface area contributed by atoms with E-state index >= 15 is 0 Å². The molecule has 0 saturated heterocycles. The number of hydrogen-bond donors (Lipinski definition) is 2. The van der Waals surface area contributed by atoms with Gasteiger partial charge in [0.05, 0.1) is 5.56 Å². The minimum atomic E-state index is -1.00. The van der Waals surface area contributed by atoms with E-state index in [-0.39, 0.29) is 23.7 Å². The molecule has 3 nitrogen and oxygen atoms in total. The van der Waals surface area contributed by atoms with Crippen molar-refractivity contribution in [1.29, 1.82) is 0 Å². The predicted octanol–water partition coefficient (Wildman–Crippen LogP) is 2.97. The normalized spacial score (nSPS) is 9.18. The number of phenols is 1. The molecule has 0 aliphatic carbocycles. The van der Waals surface area contributed by atoms with Gasteiger partial charge in [0.15, 0.2) is 0 Å². The number of carboxylic acids is 1. The summed E-state index contributed by atoms with van der Waals surface area (Å²) in [5.41, 5.74) is 1.32. The summed E-state index contributed by atoms with van der Waals surface area (Å²) in [5, 5.41) is 18.8. The molecule has 0 heterocycles. The Labute approximate surface area is 107 Å². The quantitative estimate of drug-likeness (QED) is 0.795. The van der Waals surface area contributed by atoms with Crippen molar-refractivity contribution in [2.75, 3.05) is 0 Å². The first-order valence-electron chi connectivity index (χ1n) is 4.90. The number of carbonyl (C=O) groups is 1. The van der Waals surface area contributed by atoms with Crippen LogP contribution in [0.25, 0.3) is 0 Å². The van der Waals surface area contributed by atoms with Gasteiger partial charge in [-0.15, -0.1) is 25.6 Å². The van der Waals surface area contributed by atoms with E-state index in [1.54, 1.807) is 12.2 Å². The number of aromatic hydroxyl groups is 1. The minimum absolute atomic E-state index is 0. The monoisotopic (exact) mass is 254 g/mol. The van der Waals surface area contributed by atoms with Crippen molar-refractivity contribution in [2.45, 2.75) is 12.8 Å². The molecule has 0 fully saturated rings. The second-order valence-electron chi connectivity index (χ2n) is 3.43. The Bertz CT molecular complexity index is 407. The highest BCUT2D eigenvalue weighted by Crippen LogP contribution is 2.26. The van der Waals surface area contributed by atoms with Crippen LogP contribution in [0.5, 0.6) is 5.75 Å². The number of phenolic OH excluding ortho intramolecular Hbond substituents is 1. The van der Waals surface area contributed by atoms with Crippen LogP contribution in [0, 0.1) is 0 Å². The van der Waals surface area contributed by atoms with Crippen LogP contribution in [0.3, 0.4) is 0 Å². The molecule has 0 spiro atoms. The molecule has 4 heteroatoms. The average molecular weight is 255 g/mol. The van der Waals surface area contributed by atoms with Crippen LogP contribution in [-0.4, -0.2) is 16.2 Å². The molecule has 0 amide bonds. The molecule has 0 aromatic heterocycles. The molecule has 0 bridgehead atoms. The summed E-state index contributed by atoms with van der Waals surface area (Å²) in [6.45, 7) is 7.14. The fourth-order valence-corrected chi connectivity index (χ4v) is 1.51. The van der Waals surface area contributed by atoms with Crippen LogP contribution < -0.4 is 0 Å². The first-order valence-corrected chi connectivity index (χ1v) is 4.90. The molecule has 92 valence electrons. The molecule has 0 unspecified atom stereocenters. The largest absolute Gasteiger partial charge is 0.507 e. The summed E-state index contributed by atoms with van der Waals surface area (Å²) < 4.78 is 0. The maximum absolute atomic E-state index is 10.9. The van der Waals surface area contributed by atoms with Crippen LogP contribution in [0.1, 0.15) is 21.5 Å². The van der Waals surface area contributed by atoms with Crippen molar-refractivity contribution < 1.29 is 15.0 Å². The van der Waals surface area contributed by atoms with Gasteiger partial charge in [-0.3, -0.25) is 0 Å². The Morgan fingerprint density at radius 2 is 1.59 bits per heavy atom. The number of allylic oxidation sites excluding steroid dienone is 2. The molecule has 0 aliphatic rings. The molecule has 1 aromatic rings. The number of halogens is 1. The Morgan fingerprint density at radius 1 is 1.18 bits per heavy atom. The Kier molecular flexibility index (Phi) is 6.07. The van der Waals surface area contributed by atoms with Crippen LogP contribution in [-0.2, 0) is 12.8 Å². The Morgan fingerprint density at radius 3 is 1.88 bits per heavy atom. The second kappa shape index (κ2) is 6.76. The van der Waals surface area contributed by atoms with Gasteiger partial charge in [-0.1, -0.05) is 12.2 Å². The van der Waals surface area contributed by atoms with Crippen molar-refractivity contribution in [3.8, 4) is 5.75 Å². The third-order valence-electron chi connectivity index (χ3n) is 2.24. The fraction of sp³-hybridized carbons (Fsp3) is 0.154. The van der Waals surface area contributed by atoms with E-state index in [1.165, 1.54) is 12.1 Å². The standard InChI is InChI=1S/C13H14O3.ClH/c1-3-5-9-7-11(13(15)16)8-10(6-4-2)12(9)14;/h3-4,7-8,14H,1-2,5-6H2,(H,15,16);1H. The van der Waals surface area contributed by atoms with E-state index in [4.69, 9.17) is 5.11 Å². The van der Waals surface area contributed by atoms with E-state index in [0.29, 0.717) is 24.0 Å². The molecule has 2 N–H and O–H groups in total. The molecule has 0 atom stereocenters. The van der Waals surface area contributed by atoms with Crippen molar-refractivity contribution >= 4 is 18.4 Å². The summed E-state index contributed by atoms with van der Waals surface area (Å²) >= 11 is 0. The molecular weight excluding hydrogens is 240 g/mol. The highest BCUT2D eigenvalue weighted by molar-refractivity contribution is 5.88. The molecule has 1 rings (SSSR count). The van der Waals surface area contributed by atoms with Gasteiger partial charge < -0.3 is 10.2 Å². The zero-order valence-corrected chi connectivity index (χ0v) is 10.2. The van der Waals surface area contributed by atoms with E-state index in [9.17, 15) is 9.90 Å². The van der Waals surface area contributed by atoms with Gasteiger partial charge in [0, 0.05) is 0 Å². The van der Waals surface area contributed by atoms with Crippen LogP contribution in [0.15, 0.2) is 37.4 Å². The first-order chi connectivity index (χ1) is 7.60. The number of aromatic carboxylic acids is 1. The maximum atomic E-state index is 10.9. The fourth-order valence-electron chi connectivity index (χ4n) is 1.51. The third kappa shape index (κ3) is 3.64. The number of carboxylic acid groups (broad SMARTS) is 1. The van der Waals surface area contributed by atoms with Crippen molar-refractivity contribution in [3.05, 3.63) is 54.1 Å². The topological polar surface area (TPSA) is 57.5 Å². The lowest BCUT2D eigenvalue weighted by atomic mass is 10.00. The minimum Gasteiger partial charge on any atom is -0.507 e. The third-order valence-corrected chi connectivity index (χ3v) is 2.24. The molecule has 1 aromatic carbocycles. The van der Waals surface area contributed by atoms with E-state index in [1.807, 2.05) is 0 Å². The lowest BCUT2D eigenvalue weighted by molar-refractivity contribution is 0.0696. The smallest absolute Gasteiger partial charge is 0.335 e. The number of benzene rings is 1. The van der Waals surface area contributed by atoms with Gasteiger partial charge in [0.2, 0.25) is 0 Å². The van der Waals surface area contributed by atoms with Crippen LogP contribution in [0.4, 0.5) is 0 Å². The molecular formula is C13H15ClO3. The van der Waals surface area contributed by atoms with Gasteiger partial charge in [0.1, 0.15) is 5.75 Å². The Balaban J connectivity index is 0.00000256. The maximum Gasteiger partial charge on any atom is 0.335 e. The molecule has 17 heavy (non-hydrogen) atoms. The van der Waals surface area contributed by atoms with Crippen molar-refractivity contribution in [1.82, 2.24) is 0 Å². The van der Waals surface area contributed by atoms with Gasteiger partial charge >= 0.3 is 5.97 Å². The first kappa shape index (κ1) is 15.3. The van der Waals surface area contributed by atoms with Gasteiger partial charge in [-0.05, 0) is 36.1 Å². The zero-order valence-electron chi connectivity index (χ0n) is 9.35. The molecule has 0 aliphatic heterocycles. The van der Waals surface area contributed by atoms with E-state index in [2.05, 4.69) is 13.2 Å². The summed E-state index contributed by atoms with van der Waals surface area (Å²) in [7, 11) is 0. The van der Waals surface area contributed by atoms with Gasteiger partial charge in [-0.25, -0.2) is 4.79 Å². The van der Waals surface area contributed by atoms with Crippen molar-refractivity contribution in [3.63, 3.8) is 0 Å². The summed E-state index contributed by atoms with van der Waals surface area (Å²) in [5.74, 6) is -0.875. The number of rotatable bonds is 5. The zero-order chi connectivity index (χ0) is 12.1. The second-order valence-corrected chi connectivity index (χ2v) is 3.43. The van der Waals surface area contributed by atoms with Gasteiger partial charge in [0.25, 0.3) is 0 Å². The van der Waals surface area contributed by atoms with E-state index < -0.39 is 5.97 Å². The summed E-state index contributed by atoms with van der Waals surface area (Å²) in [4.78, 5) is 10.9. The SMILES string of the molecule is C=CCc1cc(C(=O)O)cc(CC=C)c1O.Cl. The van der Waals surface area contributed by atoms with Crippen molar-refractivity contribution in [2.24, 2.45) is 0 Å². The van der Waals surface area contributed by atoms with Crippen LogP contribution in [0.2, 0.25) is 0 Å². The Hall–Kier alpha value is -1.74. The summed E-state index contributed by atoms with van der Waals surface area (Å²) in [6, 6.07) is 2.93. The summed E-state index contributed by atoms with van der Waals surface area (Å²) in [6.07, 6.45) is 4.13. The number of hydrogen-bond acceptors (Lipinski definition) is 2. The van der Waals surface area contributed by atoms with Crippen LogP contribution >= 0.6 is 12.4 Å². The lowest BCUT2D eigenvalue weighted by Gasteiger charge is -2.09. The molecule has 0 saturated carbocycles. The van der Waals surface area contributed by atoms with E-state index in [0.717, 1.165) is 0 Å².